The molecular weight excluding hydrogens is 336 g/mol. The topological polar surface area (TPSA) is 78.4 Å². The summed E-state index contributed by atoms with van der Waals surface area (Å²) in [6, 6.07) is 4.18. The quantitative estimate of drug-likeness (QED) is 0.724. The van der Waals surface area contributed by atoms with E-state index < -0.39 is 5.97 Å². The minimum absolute atomic E-state index is 0.130. The molecule has 0 heterocycles. The fourth-order valence-corrected chi connectivity index (χ4v) is 2.55. The summed E-state index contributed by atoms with van der Waals surface area (Å²) in [4.78, 5) is 22.8. The Morgan fingerprint density at radius 3 is 2.81 bits per heavy atom. The molecule has 21 heavy (non-hydrogen) atoms. The number of urea groups is 1. The van der Waals surface area contributed by atoms with Crippen molar-refractivity contribution in [3.05, 3.63) is 40.4 Å². The molecule has 1 aromatic carbocycles. The summed E-state index contributed by atoms with van der Waals surface area (Å²) in [7, 11) is 0. The smallest absolute Gasteiger partial charge is 0.335 e. The Morgan fingerprint density at radius 2 is 2.14 bits per heavy atom. The summed E-state index contributed by atoms with van der Waals surface area (Å²) in [5, 5.41) is 14.4. The van der Waals surface area contributed by atoms with Crippen molar-refractivity contribution in [2.75, 3.05) is 11.9 Å². The number of rotatable bonds is 4. The number of carbonyl (C=O) groups excluding carboxylic acids is 1. The van der Waals surface area contributed by atoms with Crippen molar-refractivity contribution in [3.63, 3.8) is 0 Å². The van der Waals surface area contributed by atoms with Crippen LogP contribution in [0.25, 0.3) is 0 Å². The lowest BCUT2D eigenvalue weighted by atomic mass is 9.94. The lowest BCUT2D eigenvalue weighted by molar-refractivity contribution is 0.0697. The lowest BCUT2D eigenvalue weighted by Crippen LogP contribution is -2.33. The first kappa shape index (κ1) is 15.6. The van der Waals surface area contributed by atoms with Crippen molar-refractivity contribution in [1.82, 2.24) is 5.32 Å². The molecule has 0 spiro atoms. The molecule has 0 fully saturated rings. The van der Waals surface area contributed by atoms with Gasteiger partial charge in [-0.05, 0) is 59.3 Å². The number of hydrogen-bond acceptors (Lipinski definition) is 2. The van der Waals surface area contributed by atoms with E-state index in [2.05, 4.69) is 38.7 Å². The van der Waals surface area contributed by atoms with Gasteiger partial charge in [-0.3, -0.25) is 0 Å². The van der Waals surface area contributed by atoms with Crippen LogP contribution < -0.4 is 10.6 Å². The van der Waals surface area contributed by atoms with Gasteiger partial charge < -0.3 is 15.7 Å². The average Bonchev–Trinajstić information content (AvgIpc) is 2.48. The number of carboxylic acids is 1. The molecule has 0 aliphatic heterocycles. The Bertz CT molecular complexity index is 572. The summed E-state index contributed by atoms with van der Waals surface area (Å²) >= 11 is 3.29. The first-order chi connectivity index (χ1) is 10.1. The molecule has 2 amide bonds. The third-order valence-electron chi connectivity index (χ3n) is 3.39. The molecule has 6 heteroatoms. The van der Waals surface area contributed by atoms with Crippen LogP contribution in [-0.4, -0.2) is 23.7 Å². The number of benzene rings is 1. The van der Waals surface area contributed by atoms with Crippen LogP contribution >= 0.6 is 15.9 Å². The van der Waals surface area contributed by atoms with Gasteiger partial charge in [-0.1, -0.05) is 12.2 Å². The average molecular weight is 353 g/mol. The monoisotopic (exact) mass is 352 g/mol. The highest BCUT2D eigenvalue weighted by Gasteiger charge is 2.13. The third kappa shape index (κ3) is 4.60. The molecule has 2 rings (SSSR count). The van der Waals surface area contributed by atoms with Crippen molar-refractivity contribution >= 4 is 33.6 Å². The maximum Gasteiger partial charge on any atom is 0.335 e. The van der Waals surface area contributed by atoms with Crippen LogP contribution in [0.5, 0.6) is 0 Å². The number of carboxylic acid groups (broad SMARTS) is 1. The first-order valence-corrected chi connectivity index (χ1v) is 7.58. The maximum absolute atomic E-state index is 11.9. The van der Waals surface area contributed by atoms with Crippen molar-refractivity contribution in [3.8, 4) is 0 Å². The summed E-state index contributed by atoms with van der Waals surface area (Å²) < 4.78 is 0.642. The van der Waals surface area contributed by atoms with E-state index in [1.807, 2.05) is 0 Å². The summed E-state index contributed by atoms with van der Waals surface area (Å²) in [5.41, 5.74) is 0.571. The van der Waals surface area contributed by atoms with Crippen molar-refractivity contribution in [2.24, 2.45) is 5.92 Å². The molecule has 1 unspecified atom stereocenters. The van der Waals surface area contributed by atoms with Crippen LogP contribution in [0.1, 0.15) is 29.6 Å². The van der Waals surface area contributed by atoms with E-state index in [1.54, 1.807) is 6.07 Å². The van der Waals surface area contributed by atoms with Crippen LogP contribution in [0.3, 0.4) is 0 Å². The highest BCUT2D eigenvalue weighted by atomic mass is 79.9. The van der Waals surface area contributed by atoms with E-state index >= 15 is 0 Å². The van der Waals surface area contributed by atoms with E-state index in [9.17, 15) is 9.59 Å². The van der Waals surface area contributed by atoms with E-state index in [0.717, 1.165) is 19.3 Å². The normalized spacial score (nSPS) is 17.3. The molecule has 0 radical (unpaired) electrons. The number of hydrogen-bond donors (Lipinski definition) is 3. The number of allylic oxidation sites excluding steroid dienone is 2. The van der Waals surface area contributed by atoms with E-state index in [-0.39, 0.29) is 11.6 Å². The Balaban J connectivity index is 1.91. The van der Waals surface area contributed by atoms with Gasteiger partial charge in [-0.2, -0.15) is 0 Å². The van der Waals surface area contributed by atoms with Gasteiger partial charge >= 0.3 is 12.0 Å². The molecule has 0 aromatic heterocycles. The van der Waals surface area contributed by atoms with Crippen molar-refractivity contribution in [1.29, 1.82) is 0 Å². The molecule has 0 bridgehead atoms. The Kier molecular flexibility index (Phi) is 5.38. The summed E-state index contributed by atoms with van der Waals surface area (Å²) in [6.45, 7) is 0.617. The van der Waals surface area contributed by atoms with Gasteiger partial charge in [0.15, 0.2) is 0 Å². The SMILES string of the molecule is O=C(NCC1CC=CCC1)Nc1cc(C(=O)O)ccc1Br. The van der Waals surface area contributed by atoms with Crippen LogP contribution in [0, 0.1) is 5.92 Å². The summed E-state index contributed by atoms with van der Waals surface area (Å²) in [5.74, 6) is -0.561. The van der Waals surface area contributed by atoms with Crippen LogP contribution in [0.15, 0.2) is 34.8 Å². The molecule has 1 aliphatic carbocycles. The zero-order valence-corrected chi connectivity index (χ0v) is 13.0. The van der Waals surface area contributed by atoms with Crippen LogP contribution in [-0.2, 0) is 0 Å². The maximum atomic E-state index is 11.9. The molecule has 0 saturated heterocycles. The molecule has 5 nitrogen and oxygen atoms in total. The van der Waals surface area contributed by atoms with Gasteiger partial charge in [0.2, 0.25) is 0 Å². The minimum Gasteiger partial charge on any atom is -0.478 e. The van der Waals surface area contributed by atoms with Crippen molar-refractivity contribution < 1.29 is 14.7 Å². The Morgan fingerprint density at radius 1 is 1.33 bits per heavy atom. The van der Waals surface area contributed by atoms with Crippen molar-refractivity contribution in [2.45, 2.75) is 19.3 Å². The second-order valence-corrected chi connectivity index (χ2v) is 5.84. The third-order valence-corrected chi connectivity index (χ3v) is 4.08. The van der Waals surface area contributed by atoms with E-state index in [0.29, 0.717) is 22.6 Å². The standard InChI is InChI=1S/C15H17BrN2O3/c16-12-7-6-11(14(19)20)8-13(12)18-15(21)17-9-10-4-2-1-3-5-10/h1-2,6-8,10H,3-5,9H2,(H,19,20)(H2,17,18,21). The molecule has 1 atom stereocenters. The molecule has 1 aliphatic rings. The molecular formula is C15H17BrN2O3. The molecule has 0 saturated carbocycles. The minimum atomic E-state index is -1.03. The zero-order chi connectivity index (χ0) is 15.2. The Labute approximate surface area is 131 Å². The van der Waals surface area contributed by atoms with Crippen LogP contribution in [0.4, 0.5) is 10.5 Å². The molecule has 1 aromatic rings. The summed E-state index contributed by atoms with van der Waals surface area (Å²) in [6.07, 6.45) is 7.42. The van der Waals surface area contributed by atoms with Gasteiger partial charge in [0.05, 0.1) is 11.3 Å². The number of carbonyl (C=O) groups is 2. The largest absolute Gasteiger partial charge is 0.478 e. The van der Waals surface area contributed by atoms with E-state index in [1.165, 1.54) is 12.1 Å². The molecule has 112 valence electrons. The van der Waals surface area contributed by atoms with Crippen LogP contribution in [0.2, 0.25) is 0 Å². The predicted octanol–water partition coefficient (Wildman–Crippen LogP) is 3.63. The Hall–Kier alpha value is -1.82. The fourth-order valence-electron chi connectivity index (χ4n) is 2.20. The predicted molar refractivity (Wildman–Crippen MR) is 84.6 cm³/mol. The van der Waals surface area contributed by atoms with Gasteiger partial charge in [-0.25, -0.2) is 9.59 Å². The lowest BCUT2D eigenvalue weighted by Gasteiger charge is -2.18. The second kappa shape index (κ2) is 7.26. The number of nitrogens with one attached hydrogen (secondary N) is 2. The number of amides is 2. The highest BCUT2D eigenvalue weighted by molar-refractivity contribution is 9.10. The zero-order valence-electron chi connectivity index (χ0n) is 11.4. The van der Waals surface area contributed by atoms with Gasteiger partial charge in [0, 0.05) is 11.0 Å². The van der Waals surface area contributed by atoms with Gasteiger partial charge in [0.25, 0.3) is 0 Å². The highest BCUT2D eigenvalue weighted by Crippen LogP contribution is 2.23. The van der Waals surface area contributed by atoms with Gasteiger partial charge in [0.1, 0.15) is 0 Å². The number of halogens is 1. The number of anilines is 1. The fraction of sp³-hybridized carbons (Fsp3) is 0.333. The second-order valence-electron chi connectivity index (χ2n) is 4.99. The first-order valence-electron chi connectivity index (χ1n) is 6.79. The van der Waals surface area contributed by atoms with E-state index in [4.69, 9.17) is 5.11 Å². The number of aromatic carboxylic acids is 1. The van der Waals surface area contributed by atoms with Gasteiger partial charge in [-0.15, -0.1) is 0 Å². The molecule has 3 N–H and O–H groups in total.